The molecule has 0 atom stereocenters. The van der Waals surface area contributed by atoms with Gasteiger partial charge in [-0.2, -0.15) is 10.1 Å². The molecule has 1 heterocycles. The molecule has 0 aromatic carbocycles. The van der Waals surface area contributed by atoms with Crippen LogP contribution in [0.3, 0.4) is 0 Å². The monoisotopic (exact) mass is 136 g/mol. The molecule has 4 nitrogen and oxygen atoms in total. The van der Waals surface area contributed by atoms with Crippen molar-refractivity contribution in [3.8, 4) is 0 Å². The quantitative estimate of drug-likeness (QED) is 0.521. The van der Waals surface area contributed by atoms with Crippen LogP contribution >= 0.6 is 0 Å². The predicted molar refractivity (Wildman–Crippen MR) is 35.3 cm³/mol. The molecule has 51 valence electrons. The van der Waals surface area contributed by atoms with Gasteiger partial charge in [-0.25, -0.2) is 4.68 Å². The first-order valence-corrected chi connectivity index (χ1v) is 2.75. The van der Waals surface area contributed by atoms with Crippen LogP contribution in [-0.4, -0.2) is 14.8 Å². The highest BCUT2D eigenvalue weighted by atomic mass is 16.1. The van der Waals surface area contributed by atoms with Crippen LogP contribution < -0.4 is 5.56 Å². The fourth-order valence-corrected chi connectivity index (χ4v) is 0.491. The molecule has 0 fully saturated rings. The summed E-state index contributed by atoms with van der Waals surface area (Å²) in [5, 5.41) is 3.68. The minimum atomic E-state index is -0.375. The van der Waals surface area contributed by atoms with Gasteiger partial charge < -0.3 is 0 Å². The minimum Gasteiger partial charge on any atom is -0.266 e. The third kappa shape index (κ3) is 1.51. The van der Waals surface area contributed by atoms with Crippen LogP contribution in [0.4, 0.5) is 0 Å². The molecular weight excluding hydrogens is 130 g/mol. The zero-order valence-corrected chi connectivity index (χ0v) is 5.32. The van der Waals surface area contributed by atoms with E-state index in [0.29, 0.717) is 6.54 Å². The van der Waals surface area contributed by atoms with Gasteiger partial charge in [0, 0.05) is 0 Å². The minimum absolute atomic E-state index is 0.375. The molecule has 0 spiro atoms. The van der Waals surface area contributed by atoms with Crippen molar-refractivity contribution in [2.45, 2.75) is 6.54 Å². The SMILES string of the molecule is C=CCn1[c]nc(=O)cn1. The number of hydrogen-bond acceptors (Lipinski definition) is 3. The molecule has 4 heteroatoms. The van der Waals surface area contributed by atoms with Crippen molar-refractivity contribution in [2.24, 2.45) is 0 Å². The Hall–Kier alpha value is -1.45. The number of hydrogen-bond donors (Lipinski definition) is 0. The zero-order chi connectivity index (χ0) is 7.40. The van der Waals surface area contributed by atoms with Gasteiger partial charge in [0.1, 0.15) is 6.20 Å². The second-order valence-electron chi connectivity index (χ2n) is 1.67. The molecule has 0 amide bonds. The molecule has 0 bridgehead atoms. The highest BCUT2D eigenvalue weighted by Crippen LogP contribution is 1.74. The van der Waals surface area contributed by atoms with E-state index in [0.717, 1.165) is 6.20 Å². The van der Waals surface area contributed by atoms with Gasteiger partial charge in [0.2, 0.25) is 0 Å². The van der Waals surface area contributed by atoms with Gasteiger partial charge in [0.25, 0.3) is 5.56 Å². The normalized spacial score (nSPS) is 9.20. The number of aromatic nitrogens is 3. The van der Waals surface area contributed by atoms with Crippen LogP contribution in [0.2, 0.25) is 0 Å². The van der Waals surface area contributed by atoms with Crippen molar-refractivity contribution < 1.29 is 0 Å². The molecule has 0 aliphatic heterocycles. The van der Waals surface area contributed by atoms with Crippen molar-refractivity contribution in [1.29, 1.82) is 0 Å². The highest BCUT2D eigenvalue weighted by molar-refractivity contribution is 4.70. The van der Waals surface area contributed by atoms with Crippen LogP contribution in [0.25, 0.3) is 0 Å². The smallest absolute Gasteiger partial charge is 0.266 e. The third-order valence-corrected chi connectivity index (χ3v) is 0.885. The largest absolute Gasteiger partial charge is 0.292 e. The lowest BCUT2D eigenvalue weighted by atomic mass is 10.6. The summed E-state index contributed by atoms with van der Waals surface area (Å²) < 4.78 is 1.40. The predicted octanol–water partition coefficient (Wildman–Crippen LogP) is -0.376. The summed E-state index contributed by atoms with van der Waals surface area (Å²) in [5.74, 6) is 0. The lowest BCUT2D eigenvalue weighted by Crippen LogP contribution is -2.12. The fourth-order valence-electron chi connectivity index (χ4n) is 0.491. The molecule has 10 heavy (non-hydrogen) atoms. The van der Waals surface area contributed by atoms with Crippen molar-refractivity contribution in [3.63, 3.8) is 0 Å². The van der Waals surface area contributed by atoms with Crippen molar-refractivity contribution >= 4 is 0 Å². The Bertz CT molecular complexity index is 258. The first-order valence-electron chi connectivity index (χ1n) is 2.75. The molecule has 0 aliphatic rings. The maximum atomic E-state index is 10.4. The Kier molecular flexibility index (Phi) is 1.94. The fraction of sp³-hybridized carbons (Fsp3) is 0.167. The van der Waals surface area contributed by atoms with Crippen LogP contribution in [0, 0.1) is 6.33 Å². The molecule has 1 aromatic heterocycles. The molecule has 1 aromatic rings. The summed E-state index contributed by atoms with van der Waals surface area (Å²) in [6, 6.07) is 0. The molecule has 0 N–H and O–H groups in total. The van der Waals surface area contributed by atoms with Gasteiger partial charge >= 0.3 is 0 Å². The first kappa shape index (κ1) is 6.67. The van der Waals surface area contributed by atoms with E-state index < -0.39 is 0 Å². The van der Waals surface area contributed by atoms with E-state index in [1.54, 1.807) is 6.08 Å². The zero-order valence-electron chi connectivity index (χ0n) is 5.32. The van der Waals surface area contributed by atoms with E-state index in [4.69, 9.17) is 0 Å². The number of nitrogens with zero attached hydrogens (tertiary/aromatic N) is 3. The summed E-state index contributed by atoms with van der Waals surface area (Å²) in [6.45, 7) is 4.01. The molecule has 1 radical (unpaired) electrons. The summed E-state index contributed by atoms with van der Waals surface area (Å²) in [5.41, 5.74) is -0.375. The van der Waals surface area contributed by atoms with Crippen LogP contribution in [0.1, 0.15) is 0 Å². The van der Waals surface area contributed by atoms with Crippen LogP contribution in [-0.2, 0) is 6.54 Å². The molecule has 0 saturated heterocycles. The van der Waals surface area contributed by atoms with Gasteiger partial charge in [-0.05, 0) is 0 Å². The van der Waals surface area contributed by atoms with Crippen LogP contribution in [0.15, 0.2) is 23.6 Å². The molecular formula is C6H6N3O. The summed E-state index contributed by atoms with van der Waals surface area (Å²) in [7, 11) is 0. The molecule has 0 unspecified atom stereocenters. The van der Waals surface area contributed by atoms with Crippen molar-refractivity contribution in [2.75, 3.05) is 0 Å². The number of allylic oxidation sites excluding steroid dienone is 1. The first-order chi connectivity index (χ1) is 4.83. The Labute approximate surface area is 57.8 Å². The van der Waals surface area contributed by atoms with E-state index in [2.05, 4.69) is 23.0 Å². The summed E-state index contributed by atoms with van der Waals surface area (Å²) in [6.07, 6.45) is 5.20. The van der Waals surface area contributed by atoms with Gasteiger partial charge in [-0.15, -0.1) is 6.58 Å². The maximum Gasteiger partial charge on any atom is 0.292 e. The summed E-state index contributed by atoms with van der Waals surface area (Å²) >= 11 is 0. The van der Waals surface area contributed by atoms with E-state index >= 15 is 0 Å². The summed E-state index contributed by atoms with van der Waals surface area (Å²) in [4.78, 5) is 13.8. The Morgan fingerprint density at radius 3 is 3.20 bits per heavy atom. The van der Waals surface area contributed by atoms with Gasteiger partial charge in [0.05, 0.1) is 6.54 Å². The van der Waals surface area contributed by atoms with E-state index in [-0.39, 0.29) is 5.56 Å². The lowest BCUT2D eigenvalue weighted by molar-refractivity contribution is 0.644. The Morgan fingerprint density at radius 1 is 1.90 bits per heavy atom. The third-order valence-electron chi connectivity index (χ3n) is 0.885. The van der Waals surface area contributed by atoms with Crippen molar-refractivity contribution in [3.05, 3.63) is 35.5 Å². The Balaban J connectivity index is 2.89. The standard InChI is InChI=1S/C6H6N3O/c1-2-3-9-5-7-6(10)4-8-9/h2,4H,1,3H2. The molecule has 0 aliphatic carbocycles. The molecule has 0 saturated carbocycles. The van der Waals surface area contributed by atoms with Gasteiger partial charge in [0.15, 0.2) is 6.33 Å². The van der Waals surface area contributed by atoms with Gasteiger partial charge in [-0.3, -0.25) is 4.79 Å². The average molecular weight is 136 g/mol. The lowest BCUT2D eigenvalue weighted by Gasteiger charge is -1.94. The average Bonchev–Trinajstić information content (AvgIpc) is 1.95. The molecule has 1 rings (SSSR count). The van der Waals surface area contributed by atoms with Crippen molar-refractivity contribution in [1.82, 2.24) is 14.8 Å². The second-order valence-corrected chi connectivity index (χ2v) is 1.67. The van der Waals surface area contributed by atoms with E-state index in [1.807, 2.05) is 0 Å². The van der Waals surface area contributed by atoms with Gasteiger partial charge in [-0.1, -0.05) is 6.08 Å². The maximum absolute atomic E-state index is 10.4. The topological polar surface area (TPSA) is 47.8 Å². The van der Waals surface area contributed by atoms with E-state index in [9.17, 15) is 4.79 Å². The number of rotatable bonds is 2. The second kappa shape index (κ2) is 2.91. The Morgan fingerprint density at radius 2 is 2.70 bits per heavy atom. The van der Waals surface area contributed by atoms with E-state index in [1.165, 1.54) is 4.68 Å². The highest BCUT2D eigenvalue weighted by Gasteiger charge is 1.86. The van der Waals surface area contributed by atoms with Crippen LogP contribution in [0.5, 0.6) is 0 Å².